The van der Waals surface area contributed by atoms with E-state index in [4.69, 9.17) is 5.73 Å². The molecule has 0 amide bonds. The highest BCUT2D eigenvalue weighted by Crippen LogP contribution is 2.41. The van der Waals surface area contributed by atoms with E-state index in [9.17, 15) is 4.39 Å². The van der Waals surface area contributed by atoms with Gasteiger partial charge in [0, 0.05) is 18.7 Å². The number of piperidine rings is 1. The van der Waals surface area contributed by atoms with Crippen molar-refractivity contribution in [3.63, 3.8) is 0 Å². The van der Waals surface area contributed by atoms with Gasteiger partial charge in [0.15, 0.2) is 0 Å². The van der Waals surface area contributed by atoms with Crippen molar-refractivity contribution < 1.29 is 4.39 Å². The lowest BCUT2D eigenvalue weighted by Gasteiger charge is -2.40. The Morgan fingerprint density at radius 1 is 1.22 bits per heavy atom. The monoisotopic (exact) mass is 360 g/mol. The van der Waals surface area contributed by atoms with Crippen molar-refractivity contribution in [2.24, 2.45) is 5.92 Å². The number of hydrogen-bond acceptors (Lipinski definition) is 2. The second-order valence-corrected chi connectivity index (χ2v) is 6.58. The minimum Gasteiger partial charge on any atom is -0.397 e. The Morgan fingerprint density at radius 2 is 2.00 bits per heavy atom. The molecular weight excluding hydrogens is 342 g/mol. The summed E-state index contributed by atoms with van der Waals surface area (Å²) >= 11 is 1.99. The molecular formula is C14H18FIN2. The topological polar surface area (TPSA) is 29.3 Å². The number of halogens is 2. The zero-order valence-electron chi connectivity index (χ0n) is 10.3. The summed E-state index contributed by atoms with van der Waals surface area (Å²) in [5.41, 5.74) is 7.71. The molecule has 4 heteroatoms. The minimum atomic E-state index is -0.153. The highest BCUT2D eigenvalue weighted by molar-refractivity contribution is 14.1. The van der Waals surface area contributed by atoms with Gasteiger partial charge in [0.1, 0.15) is 5.82 Å². The molecule has 2 nitrogen and oxygen atoms in total. The molecule has 1 aliphatic heterocycles. The zero-order valence-corrected chi connectivity index (χ0v) is 12.5. The third-order valence-electron chi connectivity index (χ3n) is 4.37. The Morgan fingerprint density at radius 3 is 2.83 bits per heavy atom. The first-order valence-corrected chi connectivity index (χ1v) is 7.76. The van der Waals surface area contributed by atoms with Gasteiger partial charge in [-0.25, -0.2) is 4.39 Å². The van der Waals surface area contributed by atoms with Crippen LogP contribution in [-0.4, -0.2) is 12.6 Å². The maximum Gasteiger partial charge on any atom is 0.138 e. The standard InChI is InChI=1S/C14H18FIN2/c15-10-7-14(12(17)8-11(10)16)18-6-2-4-9-3-1-5-13(9)18/h7-9,13H,1-6,17H2. The van der Waals surface area contributed by atoms with Gasteiger partial charge in [0.2, 0.25) is 0 Å². The number of fused-ring (bicyclic) bond motifs is 1. The molecule has 3 rings (SSSR count). The van der Waals surface area contributed by atoms with Crippen LogP contribution in [-0.2, 0) is 0 Å². The molecule has 2 N–H and O–H groups in total. The van der Waals surface area contributed by atoms with E-state index in [2.05, 4.69) is 4.90 Å². The van der Waals surface area contributed by atoms with Gasteiger partial charge in [-0.1, -0.05) is 6.42 Å². The van der Waals surface area contributed by atoms with E-state index in [1.807, 2.05) is 22.6 Å². The number of benzene rings is 1. The van der Waals surface area contributed by atoms with Gasteiger partial charge in [-0.15, -0.1) is 0 Å². The third kappa shape index (κ3) is 2.08. The molecule has 0 radical (unpaired) electrons. The summed E-state index contributed by atoms with van der Waals surface area (Å²) in [4.78, 5) is 2.36. The largest absolute Gasteiger partial charge is 0.397 e. The van der Waals surface area contributed by atoms with Gasteiger partial charge in [-0.3, -0.25) is 0 Å². The molecule has 2 atom stereocenters. The average Bonchev–Trinajstić information content (AvgIpc) is 2.82. The van der Waals surface area contributed by atoms with Crippen molar-refractivity contribution in [1.29, 1.82) is 0 Å². The van der Waals surface area contributed by atoms with Crippen molar-refractivity contribution in [3.05, 3.63) is 21.5 Å². The smallest absolute Gasteiger partial charge is 0.138 e. The van der Waals surface area contributed by atoms with Crippen molar-refractivity contribution in [2.75, 3.05) is 17.2 Å². The lowest BCUT2D eigenvalue weighted by Crippen LogP contribution is -2.43. The van der Waals surface area contributed by atoms with E-state index in [0.29, 0.717) is 15.3 Å². The number of nitrogens with two attached hydrogens (primary N) is 1. The van der Waals surface area contributed by atoms with E-state index in [1.165, 1.54) is 32.1 Å². The summed E-state index contributed by atoms with van der Waals surface area (Å²) in [5, 5.41) is 0. The van der Waals surface area contributed by atoms with Gasteiger partial charge in [0.25, 0.3) is 0 Å². The number of nitrogen functional groups attached to an aromatic ring is 1. The van der Waals surface area contributed by atoms with Crippen LogP contribution in [0, 0.1) is 15.3 Å². The molecule has 0 bridgehead atoms. The molecule has 2 unspecified atom stereocenters. The first kappa shape index (κ1) is 12.5. The van der Waals surface area contributed by atoms with Crippen LogP contribution in [0.1, 0.15) is 32.1 Å². The predicted octanol–water partition coefficient (Wildman–Crippen LogP) is 3.78. The Bertz CT molecular complexity index is 463. The molecule has 1 aromatic carbocycles. The molecule has 1 aromatic rings. The van der Waals surface area contributed by atoms with Crippen LogP contribution in [0.25, 0.3) is 0 Å². The fourth-order valence-electron chi connectivity index (χ4n) is 3.55. The molecule has 2 aliphatic rings. The Labute approximate surface area is 121 Å². The molecule has 0 spiro atoms. The van der Waals surface area contributed by atoms with E-state index < -0.39 is 0 Å². The quantitative estimate of drug-likeness (QED) is 0.610. The van der Waals surface area contributed by atoms with Gasteiger partial charge in [-0.05, 0) is 60.3 Å². The lowest BCUT2D eigenvalue weighted by atomic mass is 9.91. The van der Waals surface area contributed by atoms with Gasteiger partial charge >= 0.3 is 0 Å². The SMILES string of the molecule is Nc1cc(I)c(F)cc1N1CCCC2CCCC21. The number of anilines is 2. The Kier molecular flexibility index (Phi) is 3.38. The van der Waals surface area contributed by atoms with E-state index >= 15 is 0 Å². The molecule has 1 saturated carbocycles. The van der Waals surface area contributed by atoms with Crippen molar-refractivity contribution in [3.8, 4) is 0 Å². The molecule has 98 valence electrons. The van der Waals surface area contributed by atoms with Crippen LogP contribution in [0.4, 0.5) is 15.8 Å². The highest BCUT2D eigenvalue weighted by atomic mass is 127. The number of nitrogens with zero attached hydrogens (tertiary/aromatic N) is 1. The summed E-state index contributed by atoms with van der Waals surface area (Å²) in [6, 6.07) is 3.96. The summed E-state index contributed by atoms with van der Waals surface area (Å²) in [6.45, 7) is 1.02. The number of hydrogen-bond donors (Lipinski definition) is 1. The van der Waals surface area contributed by atoms with E-state index in [-0.39, 0.29) is 5.82 Å². The number of rotatable bonds is 1. The second-order valence-electron chi connectivity index (χ2n) is 5.42. The van der Waals surface area contributed by atoms with Crippen LogP contribution in [0.2, 0.25) is 0 Å². The summed E-state index contributed by atoms with van der Waals surface area (Å²) in [6.07, 6.45) is 6.40. The predicted molar refractivity (Wildman–Crippen MR) is 81.2 cm³/mol. The van der Waals surface area contributed by atoms with Crippen molar-refractivity contribution in [2.45, 2.75) is 38.1 Å². The highest BCUT2D eigenvalue weighted by Gasteiger charge is 2.35. The first-order valence-electron chi connectivity index (χ1n) is 6.68. The Balaban J connectivity index is 1.96. The molecule has 2 fully saturated rings. The minimum absolute atomic E-state index is 0.153. The van der Waals surface area contributed by atoms with Crippen LogP contribution >= 0.6 is 22.6 Å². The normalized spacial score (nSPS) is 27.3. The van der Waals surface area contributed by atoms with Crippen LogP contribution < -0.4 is 10.6 Å². The van der Waals surface area contributed by atoms with Crippen LogP contribution in [0.3, 0.4) is 0 Å². The molecule has 1 aliphatic carbocycles. The first-order chi connectivity index (χ1) is 8.66. The molecule has 0 aromatic heterocycles. The van der Waals surface area contributed by atoms with E-state index in [0.717, 1.165) is 18.2 Å². The maximum atomic E-state index is 13.8. The van der Waals surface area contributed by atoms with Crippen LogP contribution in [0.15, 0.2) is 12.1 Å². The van der Waals surface area contributed by atoms with E-state index in [1.54, 1.807) is 12.1 Å². The van der Waals surface area contributed by atoms with Crippen LogP contribution in [0.5, 0.6) is 0 Å². The molecule has 18 heavy (non-hydrogen) atoms. The second kappa shape index (κ2) is 4.87. The van der Waals surface area contributed by atoms with Gasteiger partial charge in [0.05, 0.1) is 14.9 Å². The molecule has 1 heterocycles. The fraction of sp³-hybridized carbons (Fsp3) is 0.571. The maximum absolute atomic E-state index is 13.8. The van der Waals surface area contributed by atoms with Gasteiger partial charge < -0.3 is 10.6 Å². The zero-order chi connectivity index (χ0) is 12.7. The summed E-state index contributed by atoms with van der Waals surface area (Å²) in [5.74, 6) is 0.639. The summed E-state index contributed by atoms with van der Waals surface area (Å²) < 4.78 is 14.4. The van der Waals surface area contributed by atoms with Gasteiger partial charge in [-0.2, -0.15) is 0 Å². The summed E-state index contributed by atoms with van der Waals surface area (Å²) in [7, 11) is 0. The average molecular weight is 360 g/mol. The van der Waals surface area contributed by atoms with Crippen molar-refractivity contribution in [1.82, 2.24) is 0 Å². The third-order valence-corrected chi connectivity index (χ3v) is 5.20. The Hall–Kier alpha value is -0.520. The molecule has 1 saturated heterocycles. The lowest BCUT2D eigenvalue weighted by molar-refractivity contribution is 0.362. The fourth-order valence-corrected chi connectivity index (χ4v) is 4.04. The van der Waals surface area contributed by atoms with Crippen molar-refractivity contribution >= 4 is 34.0 Å².